The fourth-order valence-electron chi connectivity index (χ4n) is 2.20. The lowest BCUT2D eigenvalue weighted by molar-refractivity contribution is 0.101. The number of rotatable bonds is 3. The molecule has 0 aliphatic carbocycles. The van der Waals surface area contributed by atoms with Crippen molar-refractivity contribution in [1.82, 2.24) is 19.5 Å². The highest BCUT2D eigenvalue weighted by Gasteiger charge is 2.13. The largest absolute Gasteiger partial charge is 0.368 e. The van der Waals surface area contributed by atoms with E-state index in [0.717, 1.165) is 11.5 Å². The van der Waals surface area contributed by atoms with Crippen LogP contribution in [0.15, 0.2) is 24.3 Å². The van der Waals surface area contributed by atoms with Gasteiger partial charge in [0, 0.05) is 18.3 Å². The molecule has 0 amide bonds. The molecule has 0 spiro atoms. The summed E-state index contributed by atoms with van der Waals surface area (Å²) < 4.78 is 1.86. The van der Waals surface area contributed by atoms with E-state index in [1.807, 2.05) is 30.7 Å². The number of anilines is 3. The molecule has 0 aliphatic rings. The molecule has 1 aromatic carbocycles. The van der Waals surface area contributed by atoms with E-state index in [4.69, 9.17) is 5.73 Å². The number of nitrogens with one attached hydrogen (secondary N) is 1. The molecule has 0 bridgehead atoms. The lowest BCUT2D eigenvalue weighted by Crippen LogP contribution is -2.03. The molecular weight excluding hydrogens is 280 g/mol. The van der Waals surface area contributed by atoms with Crippen LogP contribution in [0.3, 0.4) is 0 Å². The zero-order valence-corrected chi connectivity index (χ0v) is 12.6. The molecule has 7 nitrogen and oxygen atoms in total. The van der Waals surface area contributed by atoms with Crippen molar-refractivity contribution in [2.45, 2.75) is 13.8 Å². The van der Waals surface area contributed by atoms with Gasteiger partial charge >= 0.3 is 0 Å². The fourth-order valence-corrected chi connectivity index (χ4v) is 2.20. The average molecular weight is 296 g/mol. The lowest BCUT2D eigenvalue weighted by Gasteiger charge is -2.07. The van der Waals surface area contributed by atoms with Crippen LogP contribution in [0.1, 0.15) is 23.1 Å². The second-order valence-corrected chi connectivity index (χ2v) is 5.08. The van der Waals surface area contributed by atoms with Crippen molar-refractivity contribution in [3.05, 3.63) is 35.7 Å². The maximum atomic E-state index is 11.3. The maximum absolute atomic E-state index is 11.3. The first-order valence-electron chi connectivity index (χ1n) is 6.80. The van der Waals surface area contributed by atoms with Gasteiger partial charge in [0.2, 0.25) is 5.95 Å². The summed E-state index contributed by atoms with van der Waals surface area (Å²) in [4.78, 5) is 24.2. The first-order valence-corrected chi connectivity index (χ1v) is 6.80. The Kier molecular flexibility index (Phi) is 3.25. The number of carbonyl (C=O) groups excluding carboxylic acids is 1. The zero-order chi connectivity index (χ0) is 15.9. The van der Waals surface area contributed by atoms with Gasteiger partial charge < -0.3 is 15.6 Å². The number of Topliss-reactive ketones (excluding diaryl/α,β-unsaturated/α-hetero) is 1. The van der Waals surface area contributed by atoms with Crippen LogP contribution in [0.2, 0.25) is 0 Å². The van der Waals surface area contributed by atoms with E-state index in [2.05, 4.69) is 20.3 Å². The van der Waals surface area contributed by atoms with Crippen LogP contribution < -0.4 is 11.1 Å². The fraction of sp³-hybridized carbons (Fsp3) is 0.200. The van der Waals surface area contributed by atoms with E-state index < -0.39 is 0 Å². The number of fused-ring (bicyclic) bond motifs is 1. The van der Waals surface area contributed by atoms with Crippen molar-refractivity contribution >= 4 is 34.4 Å². The number of carbonyl (C=O) groups is 1. The minimum absolute atomic E-state index is 0.0283. The predicted octanol–water partition coefficient (Wildman–Crippen LogP) is 2.20. The summed E-state index contributed by atoms with van der Waals surface area (Å²) in [7, 11) is 1.88. The van der Waals surface area contributed by atoms with E-state index in [-0.39, 0.29) is 11.7 Å². The third-order valence-electron chi connectivity index (χ3n) is 3.51. The van der Waals surface area contributed by atoms with Crippen LogP contribution in [0.25, 0.3) is 11.2 Å². The summed E-state index contributed by atoms with van der Waals surface area (Å²) in [5, 5.41) is 3.18. The number of nitrogens with two attached hydrogens (primary N) is 1. The van der Waals surface area contributed by atoms with Gasteiger partial charge in [-0.3, -0.25) is 4.79 Å². The first kappa shape index (κ1) is 14.0. The Morgan fingerprint density at radius 2 is 1.86 bits per heavy atom. The van der Waals surface area contributed by atoms with Gasteiger partial charge in [0.15, 0.2) is 22.8 Å². The molecule has 0 unspecified atom stereocenters. The van der Waals surface area contributed by atoms with E-state index in [1.165, 1.54) is 6.92 Å². The minimum atomic E-state index is 0.0283. The van der Waals surface area contributed by atoms with Crippen LogP contribution >= 0.6 is 0 Å². The minimum Gasteiger partial charge on any atom is -0.368 e. The Morgan fingerprint density at radius 3 is 2.50 bits per heavy atom. The van der Waals surface area contributed by atoms with E-state index in [9.17, 15) is 4.79 Å². The Bertz CT molecular complexity index is 866. The molecule has 2 heterocycles. The van der Waals surface area contributed by atoms with Crippen molar-refractivity contribution in [2.75, 3.05) is 11.1 Å². The monoisotopic (exact) mass is 296 g/mol. The van der Waals surface area contributed by atoms with Crippen LogP contribution in [-0.4, -0.2) is 25.3 Å². The van der Waals surface area contributed by atoms with Crippen molar-refractivity contribution in [3.63, 3.8) is 0 Å². The predicted molar refractivity (Wildman–Crippen MR) is 85.2 cm³/mol. The summed E-state index contributed by atoms with van der Waals surface area (Å²) in [6.07, 6.45) is 0. The Labute approximate surface area is 127 Å². The molecule has 22 heavy (non-hydrogen) atoms. The van der Waals surface area contributed by atoms with Crippen molar-refractivity contribution < 1.29 is 4.79 Å². The second kappa shape index (κ2) is 5.10. The summed E-state index contributed by atoms with van der Waals surface area (Å²) in [5.41, 5.74) is 8.56. The van der Waals surface area contributed by atoms with Crippen LogP contribution in [0, 0.1) is 6.92 Å². The molecule has 2 aromatic heterocycles. The highest BCUT2D eigenvalue weighted by Crippen LogP contribution is 2.24. The van der Waals surface area contributed by atoms with Crippen LogP contribution in [0.5, 0.6) is 0 Å². The molecule has 7 heteroatoms. The topological polar surface area (TPSA) is 98.7 Å². The quantitative estimate of drug-likeness (QED) is 0.719. The second-order valence-electron chi connectivity index (χ2n) is 5.08. The van der Waals surface area contributed by atoms with Gasteiger partial charge in [0.25, 0.3) is 0 Å². The molecule has 0 fully saturated rings. The number of nitrogen functional groups attached to an aromatic ring is 1. The van der Waals surface area contributed by atoms with E-state index in [1.54, 1.807) is 12.1 Å². The van der Waals surface area contributed by atoms with Crippen molar-refractivity contribution in [3.8, 4) is 0 Å². The highest BCUT2D eigenvalue weighted by atomic mass is 16.1. The third-order valence-corrected chi connectivity index (χ3v) is 3.51. The van der Waals surface area contributed by atoms with Gasteiger partial charge in [0.05, 0.1) is 0 Å². The molecule has 3 N–H and O–H groups in total. The molecule has 3 rings (SSSR count). The molecule has 0 atom stereocenters. The number of nitrogens with zero attached hydrogens (tertiary/aromatic N) is 4. The summed E-state index contributed by atoms with van der Waals surface area (Å²) >= 11 is 0. The Hall–Kier alpha value is -2.96. The molecule has 0 radical (unpaired) electrons. The first-order chi connectivity index (χ1) is 10.5. The number of hydrogen-bond acceptors (Lipinski definition) is 6. The summed E-state index contributed by atoms with van der Waals surface area (Å²) in [5.74, 6) is 1.57. The SMILES string of the molecule is CC(=O)c1ccc(Nc2nc(N)nc3c2nc(C)n3C)cc1. The summed E-state index contributed by atoms with van der Waals surface area (Å²) in [6, 6.07) is 7.15. The molecule has 0 aliphatic heterocycles. The molecule has 3 aromatic rings. The smallest absolute Gasteiger partial charge is 0.224 e. The zero-order valence-electron chi connectivity index (χ0n) is 12.6. The van der Waals surface area contributed by atoms with Crippen molar-refractivity contribution in [1.29, 1.82) is 0 Å². The molecule has 0 saturated carbocycles. The third kappa shape index (κ3) is 2.37. The van der Waals surface area contributed by atoms with Crippen molar-refractivity contribution in [2.24, 2.45) is 7.05 Å². The standard InChI is InChI=1S/C15H16N6O/c1-8(22)10-4-6-11(7-5-10)18-13-12-14(20-15(16)19-13)21(3)9(2)17-12/h4-7H,1-3H3,(H3,16,18,19,20). The van der Waals surface area contributed by atoms with Gasteiger partial charge in [-0.25, -0.2) is 4.98 Å². The molecule has 112 valence electrons. The van der Waals surface area contributed by atoms with Gasteiger partial charge in [-0.15, -0.1) is 0 Å². The van der Waals surface area contributed by atoms with Crippen LogP contribution in [-0.2, 0) is 7.05 Å². The average Bonchev–Trinajstić information content (AvgIpc) is 2.76. The van der Waals surface area contributed by atoms with Gasteiger partial charge in [-0.1, -0.05) is 0 Å². The summed E-state index contributed by atoms with van der Waals surface area (Å²) in [6.45, 7) is 3.43. The van der Waals surface area contributed by atoms with Crippen LogP contribution in [0.4, 0.5) is 17.5 Å². The maximum Gasteiger partial charge on any atom is 0.224 e. The Balaban J connectivity index is 2.03. The number of aromatic nitrogens is 4. The molecular formula is C15H16N6O. The number of hydrogen-bond donors (Lipinski definition) is 2. The normalized spacial score (nSPS) is 10.9. The van der Waals surface area contributed by atoms with E-state index in [0.29, 0.717) is 22.5 Å². The number of imidazole rings is 1. The van der Waals surface area contributed by atoms with E-state index >= 15 is 0 Å². The van der Waals surface area contributed by atoms with Gasteiger partial charge in [-0.2, -0.15) is 9.97 Å². The Morgan fingerprint density at radius 1 is 1.18 bits per heavy atom. The molecule has 0 saturated heterocycles. The number of aryl methyl sites for hydroxylation is 2. The number of ketones is 1. The highest BCUT2D eigenvalue weighted by molar-refractivity contribution is 5.94. The lowest BCUT2D eigenvalue weighted by atomic mass is 10.1. The van der Waals surface area contributed by atoms with Gasteiger partial charge in [-0.05, 0) is 38.1 Å². The van der Waals surface area contributed by atoms with Gasteiger partial charge in [0.1, 0.15) is 5.82 Å². The number of benzene rings is 1.